The number of likely N-dealkylation sites (tertiary alicyclic amines) is 1. The monoisotopic (exact) mass is 314 g/mol. The highest BCUT2D eigenvalue weighted by atomic mass is 16.5. The Bertz CT molecular complexity index is 660. The average Bonchev–Trinajstić information content (AvgIpc) is 3.25. The summed E-state index contributed by atoms with van der Waals surface area (Å²) in [5.41, 5.74) is 0.937. The fourth-order valence-electron chi connectivity index (χ4n) is 2.86. The van der Waals surface area contributed by atoms with E-state index in [4.69, 9.17) is 9.15 Å². The van der Waals surface area contributed by atoms with Gasteiger partial charge in [0.15, 0.2) is 5.76 Å². The zero-order valence-corrected chi connectivity index (χ0v) is 13.4. The molecule has 0 spiro atoms. The first-order valence-corrected chi connectivity index (χ1v) is 7.97. The van der Waals surface area contributed by atoms with Crippen LogP contribution in [0, 0.1) is 0 Å². The molecular weight excluding hydrogens is 292 g/mol. The van der Waals surface area contributed by atoms with Crippen LogP contribution in [0.2, 0.25) is 0 Å². The van der Waals surface area contributed by atoms with Gasteiger partial charge >= 0.3 is 0 Å². The van der Waals surface area contributed by atoms with E-state index >= 15 is 0 Å². The number of para-hydroxylation sites is 1. The molecule has 0 unspecified atom stereocenters. The molecule has 1 amide bonds. The lowest BCUT2D eigenvalue weighted by molar-refractivity contribution is 0.0919. The van der Waals surface area contributed by atoms with Gasteiger partial charge in [0.2, 0.25) is 0 Å². The van der Waals surface area contributed by atoms with Gasteiger partial charge in [0.1, 0.15) is 11.5 Å². The number of carbonyl (C=O) groups excluding carboxylic acids is 1. The molecule has 0 atom stereocenters. The largest absolute Gasteiger partial charge is 0.496 e. The molecule has 1 aromatic carbocycles. The molecule has 1 aliphatic heterocycles. The van der Waals surface area contributed by atoms with E-state index in [1.165, 1.54) is 12.8 Å². The number of rotatable bonds is 6. The predicted molar refractivity (Wildman–Crippen MR) is 87.4 cm³/mol. The molecule has 122 valence electrons. The van der Waals surface area contributed by atoms with E-state index in [0.717, 1.165) is 36.7 Å². The molecule has 0 bridgehead atoms. The smallest absolute Gasteiger partial charge is 0.287 e. The third-order valence-electron chi connectivity index (χ3n) is 4.10. The molecule has 3 rings (SSSR count). The van der Waals surface area contributed by atoms with Crippen LogP contribution in [-0.2, 0) is 13.1 Å². The highest BCUT2D eigenvalue weighted by molar-refractivity contribution is 5.91. The second-order valence-corrected chi connectivity index (χ2v) is 5.74. The van der Waals surface area contributed by atoms with Crippen molar-refractivity contribution in [3.63, 3.8) is 0 Å². The van der Waals surface area contributed by atoms with Gasteiger partial charge in [0, 0.05) is 12.1 Å². The van der Waals surface area contributed by atoms with Crippen molar-refractivity contribution in [2.45, 2.75) is 25.9 Å². The number of hydrogen-bond acceptors (Lipinski definition) is 4. The van der Waals surface area contributed by atoms with Crippen LogP contribution >= 0.6 is 0 Å². The van der Waals surface area contributed by atoms with E-state index in [-0.39, 0.29) is 5.91 Å². The van der Waals surface area contributed by atoms with Crippen molar-refractivity contribution in [2.24, 2.45) is 0 Å². The Kier molecular flexibility index (Phi) is 4.98. The molecule has 1 aliphatic rings. The maximum atomic E-state index is 12.2. The van der Waals surface area contributed by atoms with Crippen molar-refractivity contribution in [3.05, 3.63) is 53.5 Å². The van der Waals surface area contributed by atoms with Crippen molar-refractivity contribution < 1.29 is 13.9 Å². The van der Waals surface area contributed by atoms with Gasteiger partial charge in [0.25, 0.3) is 5.91 Å². The number of carbonyl (C=O) groups is 1. The van der Waals surface area contributed by atoms with Crippen molar-refractivity contribution in [3.8, 4) is 5.75 Å². The summed E-state index contributed by atoms with van der Waals surface area (Å²) in [6.07, 6.45) is 2.49. The van der Waals surface area contributed by atoms with Crippen molar-refractivity contribution in [1.29, 1.82) is 0 Å². The van der Waals surface area contributed by atoms with Gasteiger partial charge in [-0.15, -0.1) is 0 Å². The molecule has 1 saturated heterocycles. The maximum absolute atomic E-state index is 12.2. The Morgan fingerprint density at radius 3 is 2.78 bits per heavy atom. The highest BCUT2D eigenvalue weighted by Gasteiger charge is 2.16. The van der Waals surface area contributed by atoms with Crippen molar-refractivity contribution in [2.75, 3.05) is 20.2 Å². The first-order valence-electron chi connectivity index (χ1n) is 7.97. The van der Waals surface area contributed by atoms with Crippen LogP contribution in [0.5, 0.6) is 5.75 Å². The topological polar surface area (TPSA) is 54.7 Å². The van der Waals surface area contributed by atoms with Gasteiger partial charge in [-0.3, -0.25) is 9.69 Å². The van der Waals surface area contributed by atoms with Crippen LogP contribution in [0.15, 0.2) is 40.8 Å². The maximum Gasteiger partial charge on any atom is 0.287 e. The number of amides is 1. The minimum atomic E-state index is -0.205. The Balaban J connectivity index is 1.56. The van der Waals surface area contributed by atoms with E-state index in [1.54, 1.807) is 13.2 Å². The Morgan fingerprint density at radius 2 is 2.00 bits per heavy atom. The van der Waals surface area contributed by atoms with Gasteiger partial charge in [-0.25, -0.2) is 0 Å². The van der Waals surface area contributed by atoms with Gasteiger partial charge in [-0.2, -0.15) is 0 Å². The highest BCUT2D eigenvalue weighted by Crippen LogP contribution is 2.18. The number of nitrogens with zero attached hydrogens (tertiary/aromatic N) is 1. The Morgan fingerprint density at radius 1 is 1.22 bits per heavy atom. The second-order valence-electron chi connectivity index (χ2n) is 5.74. The molecule has 1 N–H and O–H groups in total. The summed E-state index contributed by atoms with van der Waals surface area (Å²) in [5.74, 6) is 1.76. The zero-order valence-electron chi connectivity index (χ0n) is 13.4. The summed E-state index contributed by atoms with van der Waals surface area (Å²) in [6, 6.07) is 11.3. The molecular formula is C18H22N2O3. The number of benzene rings is 1. The molecule has 0 aliphatic carbocycles. The molecule has 0 saturated carbocycles. The van der Waals surface area contributed by atoms with Gasteiger partial charge in [0.05, 0.1) is 13.7 Å². The number of methoxy groups -OCH3 is 1. The number of furan rings is 1. The van der Waals surface area contributed by atoms with Crippen LogP contribution < -0.4 is 10.1 Å². The fourth-order valence-corrected chi connectivity index (χ4v) is 2.86. The first-order chi connectivity index (χ1) is 11.3. The first kappa shape index (κ1) is 15.6. The number of hydrogen-bond donors (Lipinski definition) is 1. The van der Waals surface area contributed by atoms with Gasteiger partial charge in [-0.05, 0) is 44.1 Å². The number of nitrogens with one attached hydrogen (secondary N) is 1. The second kappa shape index (κ2) is 7.33. The van der Waals surface area contributed by atoms with E-state index < -0.39 is 0 Å². The molecule has 5 heteroatoms. The van der Waals surface area contributed by atoms with Crippen LogP contribution in [0.1, 0.15) is 34.7 Å². The van der Waals surface area contributed by atoms with Crippen LogP contribution in [-0.4, -0.2) is 31.0 Å². The zero-order chi connectivity index (χ0) is 16.1. The Hall–Kier alpha value is -2.27. The van der Waals surface area contributed by atoms with E-state index in [0.29, 0.717) is 12.3 Å². The normalized spacial score (nSPS) is 14.8. The van der Waals surface area contributed by atoms with E-state index in [2.05, 4.69) is 10.2 Å². The lowest BCUT2D eigenvalue weighted by Crippen LogP contribution is -2.22. The summed E-state index contributed by atoms with van der Waals surface area (Å²) in [4.78, 5) is 14.6. The van der Waals surface area contributed by atoms with E-state index in [1.807, 2.05) is 30.3 Å². The quantitative estimate of drug-likeness (QED) is 0.891. The lowest BCUT2D eigenvalue weighted by atomic mass is 10.2. The standard InChI is InChI=1S/C18H22N2O3/c1-22-16-7-3-2-6-14(16)12-19-18(21)17-9-8-15(23-17)13-20-10-4-5-11-20/h2-3,6-9H,4-5,10-13H2,1H3,(H,19,21). The van der Waals surface area contributed by atoms with Crippen molar-refractivity contribution in [1.82, 2.24) is 10.2 Å². The molecule has 0 radical (unpaired) electrons. The average molecular weight is 314 g/mol. The van der Waals surface area contributed by atoms with Crippen molar-refractivity contribution >= 4 is 5.91 Å². The SMILES string of the molecule is COc1ccccc1CNC(=O)c1ccc(CN2CCCC2)o1. The van der Waals surface area contributed by atoms with Crippen LogP contribution in [0.4, 0.5) is 0 Å². The summed E-state index contributed by atoms with van der Waals surface area (Å²) >= 11 is 0. The number of ether oxygens (including phenoxy) is 1. The fraction of sp³-hybridized carbons (Fsp3) is 0.389. The molecule has 23 heavy (non-hydrogen) atoms. The van der Waals surface area contributed by atoms with Crippen LogP contribution in [0.3, 0.4) is 0 Å². The van der Waals surface area contributed by atoms with E-state index in [9.17, 15) is 4.79 Å². The predicted octanol–water partition coefficient (Wildman–Crippen LogP) is 2.81. The van der Waals surface area contributed by atoms with Gasteiger partial charge in [-0.1, -0.05) is 18.2 Å². The van der Waals surface area contributed by atoms with Gasteiger partial charge < -0.3 is 14.5 Å². The molecule has 2 heterocycles. The summed E-state index contributed by atoms with van der Waals surface area (Å²) < 4.78 is 10.9. The molecule has 5 nitrogen and oxygen atoms in total. The van der Waals surface area contributed by atoms with Crippen LogP contribution in [0.25, 0.3) is 0 Å². The minimum Gasteiger partial charge on any atom is -0.496 e. The summed E-state index contributed by atoms with van der Waals surface area (Å²) in [7, 11) is 1.62. The summed E-state index contributed by atoms with van der Waals surface area (Å²) in [6.45, 7) is 3.40. The molecule has 1 aromatic heterocycles. The third-order valence-corrected chi connectivity index (χ3v) is 4.10. The Labute approximate surface area is 136 Å². The molecule has 1 fully saturated rings. The minimum absolute atomic E-state index is 0.205. The lowest BCUT2D eigenvalue weighted by Gasteiger charge is -2.11. The third kappa shape index (κ3) is 3.93. The molecule has 2 aromatic rings. The summed E-state index contributed by atoms with van der Waals surface area (Å²) in [5, 5.41) is 2.87.